The fourth-order valence-corrected chi connectivity index (χ4v) is 1.57. The van der Waals surface area contributed by atoms with E-state index in [1.807, 2.05) is 25.9 Å². The molecule has 0 aromatic rings. The first-order valence-corrected chi connectivity index (χ1v) is 6.93. The summed E-state index contributed by atoms with van der Waals surface area (Å²) in [5.41, 5.74) is -0.0695. The van der Waals surface area contributed by atoms with Crippen molar-refractivity contribution in [1.82, 2.24) is 4.90 Å². The largest absolute Gasteiger partial charge is 0.464 e. The third kappa shape index (κ3) is 7.00. The zero-order chi connectivity index (χ0) is 14.4. The Morgan fingerprint density at radius 1 is 1.11 bits per heavy atom. The topological polar surface area (TPSA) is 29.5 Å². The molecule has 0 aromatic heterocycles. The van der Waals surface area contributed by atoms with Gasteiger partial charge >= 0.3 is 5.97 Å². The van der Waals surface area contributed by atoms with Crippen molar-refractivity contribution in [2.24, 2.45) is 10.8 Å². The van der Waals surface area contributed by atoms with Crippen LogP contribution in [0.1, 0.15) is 53.9 Å². The molecule has 0 bridgehead atoms. The number of carbonyl (C=O) groups is 1. The number of hydrogen-bond donors (Lipinski definition) is 0. The molecule has 0 spiro atoms. The maximum absolute atomic E-state index is 12.2. The van der Waals surface area contributed by atoms with E-state index in [1.165, 1.54) is 0 Å². The molecule has 0 saturated heterocycles. The maximum Gasteiger partial charge on any atom is 0.311 e. The minimum atomic E-state index is -0.334. The molecule has 0 radical (unpaired) electrons. The van der Waals surface area contributed by atoms with Crippen LogP contribution in [-0.2, 0) is 9.53 Å². The molecule has 1 atom stereocenters. The van der Waals surface area contributed by atoms with Gasteiger partial charge in [-0.3, -0.25) is 4.79 Å². The highest BCUT2D eigenvalue weighted by Crippen LogP contribution is 2.34. The van der Waals surface area contributed by atoms with Crippen molar-refractivity contribution in [1.29, 1.82) is 0 Å². The van der Waals surface area contributed by atoms with Crippen LogP contribution in [0.2, 0.25) is 0 Å². The monoisotopic (exact) mass is 257 g/mol. The number of esters is 1. The molecule has 0 aliphatic rings. The normalized spacial score (nSPS) is 15.6. The van der Waals surface area contributed by atoms with E-state index in [4.69, 9.17) is 4.74 Å². The van der Waals surface area contributed by atoms with Crippen LogP contribution in [0.3, 0.4) is 0 Å². The molecule has 0 rings (SSSR count). The van der Waals surface area contributed by atoms with Crippen molar-refractivity contribution in [3.8, 4) is 0 Å². The van der Waals surface area contributed by atoms with Crippen LogP contribution < -0.4 is 0 Å². The predicted molar refractivity (Wildman–Crippen MR) is 76.6 cm³/mol. The van der Waals surface area contributed by atoms with E-state index in [2.05, 4.69) is 27.7 Å². The lowest BCUT2D eigenvalue weighted by Crippen LogP contribution is -2.32. The highest BCUT2D eigenvalue weighted by atomic mass is 16.5. The van der Waals surface area contributed by atoms with Gasteiger partial charge in [0, 0.05) is 6.54 Å². The number of ether oxygens (including phenoxy) is 1. The summed E-state index contributed by atoms with van der Waals surface area (Å²) in [6, 6.07) is 0. The fraction of sp³-hybridized carbons (Fsp3) is 0.933. The number of nitrogens with zero attached hydrogens (tertiary/aromatic N) is 1. The van der Waals surface area contributed by atoms with Gasteiger partial charge in [0.2, 0.25) is 0 Å². The molecule has 0 N–H and O–H groups in total. The average Bonchev–Trinajstić information content (AvgIpc) is 2.24. The van der Waals surface area contributed by atoms with Crippen molar-refractivity contribution < 1.29 is 9.53 Å². The van der Waals surface area contributed by atoms with E-state index < -0.39 is 0 Å². The Morgan fingerprint density at radius 3 is 2.06 bits per heavy atom. The van der Waals surface area contributed by atoms with Crippen LogP contribution in [0.25, 0.3) is 0 Å². The highest BCUT2D eigenvalue weighted by Gasteiger charge is 2.33. The SMILES string of the molecule is CCC(C)(CCC(C)(C)C)C(=O)OCCN(C)C. The molecule has 0 aliphatic heterocycles. The molecule has 0 saturated carbocycles. The summed E-state index contributed by atoms with van der Waals surface area (Å²) in [5, 5.41) is 0. The first kappa shape index (κ1) is 17.4. The highest BCUT2D eigenvalue weighted by molar-refractivity contribution is 5.76. The first-order chi connectivity index (χ1) is 8.10. The van der Waals surface area contributed by atoms with E-state index in [-0.39, 0.29) is 16.8 Å². The van der Waals surface area contributed by atoms with Crippen LogP contribution in [0.15, 0.2) is 0 Å². The Kier molecular flexibility index (Phi) is 6.90. The zero-order valence-corrected chi connectivity index (χ0v) is 13.3. The van der Waals surface area contributed by atoms with Gasteiger partial charge in [0.1, 0.15) is 6.61 Å². The number of rotatable bonds is 7. The van der Waals surface area contributed by atoms with Gasteiger partial charge in [-0.15, -0.1) is 0 Å². The van der Waals surface area contributed by atoms with Crippen LogP contribution in [0.4, 0.5) is 0 Å². The van der Waals surface area contributed by atoms with Gasteiger partial charge in [0.25, 0.3) is 0 Å². The minimum absolute atomic E-state index is 0.0453. The molecular formula is C15H31NO2. The van der Waals surface area contributed by atoms with Crippen LogP contribution in [0.5, 0.6) is 0 Å². The van der Waals surface area contributed by atoms with Crippen molar-refractivity contribution >= 4 is 5.97 Å². The number of likely N-dealkylation sites (N-methyl/N-ethyl adjacent to an activating group) is 1. The van der Waals surface area contributed by atoms with Crippen molar-refractivity contribution in [2.75, 3.05) is 27.2 Å². The number of hydrogen-bond acceptors (Lipinski definition) is 3. The molecule has 0 amide bonds. The summed E-state index contributed by atoms with van der Waals surface area (Å²) in [7, 11) is 3.96. The second kappa shape index (κ2) is 7.13. The average molecular weight is 257 g/mol. The van der Waals surface area contributed by atoms with Gasteiger partial charge in [-0.25, -0.2) is 0 Å². The second-order valence-corrected chi connectivity index (χ2v) is 6.91. The minimum Gasteiger partial charge on any atom is -0.464 e. The van der Waals surface area contributed by atoms with Gasteiger partial charge in [-0.2, -0.15) is 0 Å². The van der Waals surface area contributed by atoms with Gasteiger partial charge in [0.15, 0.2) is 0 Å². The summed E-state index contributed by atoms with van der Waals surface area (Å²) in [5.74, 6) is -0.0453. The Labute approximate surface area is 113 Å². The molecule has 18 heavy (non-hydrogen) atoms. The third-order valence-electron chi connectivity index (χ3n) is 3.47. The maximum atomic E-state index is 12.2. The quantitative estimate of drug-likeness (QED) is 0.655. The van der Waals surface area contributed by atoms with Crippen molar-refractivity contribution in [3.05, 3.63) is 0 Å². The summed E-state index contributed by atoms with van der Waals surface area (Å²) >= 11 is 0. The molecule has 0 aliphatic carbocycles. The fourth-order valence-electron chi connectivity index (χ4n) is 1.57. The van der Waals surface area contributed by atoms with E-state index in [9.17, 15) is 4.79 Å². The molecule has 0 heterocycles. The van der Waals surface area contributed by atoms with E-state index >= 15 is 0 Å². The van der Waals surface area contributed by atoms with Crippen molar-refractivity contribution in [3.63, 3.8) is 0 Å². The summed E-state index contributed by atoms with van der Waals surface area (Å²) in [6.07, 6.45) is 2.78. The Hall–Kier alpha value is -0.570. The summed E-state index contributed by atoms with van der Waals surface area (Å²) in [4.78, 5) is 14.2. The summed E-state index contributed by atoms with van der Waals surface area (Å²) < 4.78 is 5.39. The Morgan fingerprint density at radius 2 is 1.67 bits per heavy atom. The lowest BCUT2D eigenvalue weighted by molar-refractivity contribution is -0.156. The van der Waals surface area contributed by atoms with Crippen LogP contribution >= 0.6 is 0 Å². The smallest absolute Gasteiger partial charge is 0.311 e. The molecule has 1 unspecified atom stereocenters. The van der Waals surface area contributed by atoms with Gasteiger partial charge in [-0.05, 0) is 45.7 Å². The van der Waals surface area contributed by atoms with Crippen LogP contribution in [0, 0.1) is 10.8 Å². The molecular weight excluding hydrogens is 226 g/mol. The zero-order valence-electron chi connectivity index (χ0n) is 13.3. The number of carbonyl (C=O) groups excluding carboxylic acids is 1. The standard InChI is InChI=1S/C15H31NO2/c1-8-15(5,10-9-14(2,3)4)13(17)18-12-11-16(6)7/h8-12H2,1-7H3. The first-order valence-electron chi connectivity index (χ1n) is 6.93. The van der Waals surface area contributed by atoms with E-state index in [0.29, 0.717) is 6.61 Å². The lowest BCUT2D eigenvalue weighted by atomic mass is 9.77. The summed E-state index contributed by atoms with van der Waals surface area (Å²) in [6.45, 7) is 12.0. The molecule has 108 valence electrons. The lowest BCUT2D eigenvalue weighted by Gasteiger charge is -2.29. The molecule has 0 aromatic carbocycles. The van der Waals surface area contributed by atoms with E-state index in [0.717, 1.165) is 25.8 Å². The third-order valence-corrected chi connectivity index (χ3v) is 3.47. The Balaban J connectivity index is 4.30. The van der Waals surface area contributed by atoms with Crippen LogP contribution in [-0.4, -0.2) is 38.1 Å². The molecule has 3 heteroatoms. The second-order valence-electron chi connectivity index (χ2n) is 6.91. The molecule has 3 nitrogen and oxygen atoms in total. The predicted octanol–water partition coefficient (Wildman–Crippen LogP) is 3.33. The van der Waals surface area contributed by atoms with Gasteiger partial charge in [-0.1, -0.05) is 27.7 Å². The van der Waals surface area contributed by atoms with E-state index in [1.54, 1.807) is 0 Å². The van der Waals surface area contributed by atoms with Gasteiger partial charge < -0.3 is 9.64 Å². The Bertz CT molecular complexity index is 256. The van der Waals surface area contributed by atoms with Crippen molar-refractivity contribution in [2.45, 2.75) is 53.9 Å². The molecule has 0 fully saturated rings. The van der Waals surface area contributed by atoms with Gasteiger partial charge in [0.05, 0.1) is 5.41 Å².